The molecule has 10 heteroatoms. The van der Waals surface area contributed by atoms with Crippen molar-refractivity contribution >= 4 is 23.3 Å². The van der Waals surface area contributed by atoms with Crippen LogP contribution in [0, 0.1) is 0 Å². The van der Waals surface area contributed by atoms with Crippen LogP contribution in [0.25, 0.3) is 0 Å². The molecule has 0 aliphatic heterocycles. The van der Waals surface area contributed by atoms with E-state index in [2.05, 4.69) is 15.6 Å². The Bertz CT molecular complexity index is 1190. The van der Waals surface area contributed by atoms with Crippen molar-refractivity contribution in [3.05, 3.63) is 78.1 Å². The fourth-order valence-electron chi connectivity index (χ4n) is 2.47. The standard InChI is InChI=1S/C21H17F3N4O3/c1-25-19(29)18-12-17(9-10-26-18)31-16-7-5-14(6-8-16)27-20(30)28-15-4-2-3-13(11-15)21(22,23)24/h2-12H,1H3,(H,25,29)(H2,27,28,30)/i1D3. The second-order valence-corrected chi connectivity index (χ2v) is 6.12. The Morgan fingerprint density at radius 2 is 1.71 bits per heavy atom. The topological polar surface area (TPSA) is 92.4 Å². The number of nitrogens with zero attached hydrogens (tertiary/aromatic N) is 1. The number of carbonyl (C=O) groups is 2. The van der Waals surface area contributed by atoms with E-state index in [-0.39, 0.29) is 17.1 Å². The number of hydrogen-bond acceptors (Lipinski definition) is 4. The number of ether oxygens (including phenoxy) is 1. The Balaban J connectivity index is 1.60. The van der Waals surface area contributed by atoms with Crippen LogP contribution in [0.4, 0.5) is 29.3 Å². The number of benzene rings is 2. The molecular formula is C21H17F3N4O3. The van der Waals surface area contributed by atoms with Gasteiger partial charge in [0.25, 0.3) is 5.91 Å². The molecule has 3 aromatic rings. The molecule has 1 heterocycles. The van der Waals surface area contributed by atoms with Crippen LogP contribution in [0.15, 0.2) is 66.9 Å². The molecule has 0 aliphatic rings. The Hall–Kier alpha value is -4.08. The van der Waals surface area contributed by atoms with Gasteiger partial charge in [-0.2, -0.15) is 13.2 Å². The number of amides is 3. The molecule has 0 spiro atoms. The van der Waals surface area contributed by atoms with Crippen LogP contribution in [-0.4, -0.2) is 23.9 Å². The summed E-state index contributed by atoms with van der Waals surface area (Å²) in [5.41, 5.74) is -0.729. The van der Waals surface area contributed by atoms with Crippen molar-refractivity contribution < 1.29 is 31.6 Å². The average Bonchev–Trinajstić information content (AvgIpc) is 2.74. The van der Waals surface area contributed by atoms with Gasteiger partial charge in [0.1, 0.15) is 17.2 Å². The number of hydrogen-bond donors (Lipinski definition) is 3. The molecule has 0 aliphatic carbocycles. The second kappa shape index (κ2) is 9.16. The fraction of sp³-hybridized carbons (Fsp3) is 0.0952. The number of carbonyl (C=O) groups excluding carboxylic acids is 2. The van der Waals surface area contributed by atoms with Gasteiger partial charge < -0.3 is 20.7 Å². The third kappa shape index (κ3) is 5.95. The zero-order chi connectivity index (χ0) is 24.9. The van der Waals surface area contributed by atoms with Crippen molar-refractivity contribution in [1.29, 1.82) is 0 Å². The number of anilines is 2. The van der Waals surface area contributed by atoms with E-state index in [1.165, 1.54) is 54.7 Å². The lowest BCUT2D eigenvalue weighted by Crippen LogP contribution is -2.19. The fourth-order valence-corrected chi connectivity index (χ4v) is 2.47. The molecule has 2 aromatic carbocycles. The van der Waals surface area contributed by atoms with E-state index in [4.69, 9.17) is 8.85 Å². The summed E-state index contributed by atoms with van der Waals surface area (Å²) in [6, 6.07) is 12.2. The van der Waals surface area contributed by atoms with Crippen molar-refractivity contribution in [3.63, 3.8) is 0 Å². The van der Waals surface area contributed by atoms with E-state index in [1.807, 2.05) is 5.32 Å². The minimum atomic E-state index is -4.53. The Kier molecular flexibility index (Phi) is 5.25. The molecule has 0 bridgehead atoms. The van der Waals surface area contributed by atoms with Crippen molar-refractivity contribution in [3.8, 4) is 11.5 Å². The predicted octanol–water partition coefficient (Wildman–Crippen LogP) is 4.90. The van der Waals surface area contributed by atoms with Gasteiger partial charge in [-0.25, -0.2) is 4.79 Å². The summed E-state index contributed by atoms with van der Waals surface area (Å²) in [7, 11) is 0. The summed E-state index contributed by atoms with van der Waals surface area (Å²) in [6.07, 6.45) is -3.25. The summed E-state index contributed by atoms with van der Waals surface area (Å²) >= 11 is 0. The summed E-state index contributed by atoms with van der Waals surface area (Å²) < 4.78 is 65.2. The minimum Gasteiger partial charge on any atom is -0.457 e. The summed E-state index contributed by atoms with van der Waals surface area (Å²) in [6.45, 7) is -2.66. The maximum atomic E-state index is 12.8. The first-order chi connectivity index (χ1) is 15.9. The third-order valence-electron chi connectivity index (χ3n) is 3.87. The summed E-state index contributed by atoms with van der Waals surface area (Å²) in [5, 5.41) is 6.63. The highest BCUT2D eigenvalue weighted by Crippen LogP contribution is 2.30. The summed E-state index contributed by atoms with van der Waals surface area (Å²) in [5.74, 6) is -0.345. The van der Waals surface area contributed by atoms with Gasteiger partial charge in [0.15, 0.2) is 0 Å². The lowest BCUT2D eigenvalue weighted by Gasteiger charge is -2.11. The summed E-state index contributed by atoms with van der Waals surface area (Å²) in [4.78, 5) is 27.8. The molecule has 1 aromatic heterocycles. The SMILES string of the molecule is [2H]C([2H])([2H])NC(=O)c1cc(Oc2ccc(NC(=O)Nc3cccc(C(F)(F)F)c3)cc2)ccn1. The van der Waals surface area contributed by atoms with E-state index in [0.717, 1.165) is 12.1 Å². The first-order valence-electron chi connectivity index (χ1n) is 10.2. The third-order valence-corrected chi connectivity index (χ3v) is 3.87. The minimum absolute atomic E-state index is 0.0247. The zero-order valence-corrected chi connectivity index (χ0v) is 15.7. The van der Waals surface area contributed by atoms with Gasteiger partial charge in [-0.1, -0.05) is 6.07 Å². The van der Waals surface area contributed by atoms with Crippen molar-refractivity contribution in [2.45, 2.75) is 6.18 Å². The van der Waals surface area contributed by atoms with Gasteiger partial charge >= 0.3 is 12.2 Å². The largest absolute Gasteiger partial charge is 0.457 e. The lowest BCUT2D eigenvalue weighted by atomic mass is 10.2. The number of urea groups is 1. The van der Waals surface area contributed by atoms with Gasteiger partial charge in [-0.15, -0.1) is 0 Å². The van der Waals surface area contributed by atoms with Gasteiger partial charge in [0.2, 0.25) is 0 Å². The molecular weight excluding hydrogens is 413 g/mol. The maximum Gasteiger partial charge on any atom is 0.416 e. The molecule has 7 nitrogen and oxygen atoms in total. The highest BCUT2D eigenvalue weighted by atomic mass is 19.4. The molecule has 0 unspecified atom stereocenters. The maximum absolute atomic E-state index is 12.8. The Morgan fingerprint density at radius 3 is 2.42 bits per heavy atom. The van der Waals surface area contributed by atoms with Crippen molar-refractivity contribution in [2.24, 2.45) is 0 Å². The van der Waals surface area contributed by atoms with E-state index in [9.17, 15) is 22.8 Å². The van der Waals surface area contributed by atoms with Crippen LogP contribution in [-0.2, 0) is 6.18 Å². The smallest absolute Gasteiger partial charge is 0.416 e. The monoisotopic (exact) mass is 433 g/mol. The van der Waals surface area contributed by atoms with E-state index in [1.54, 1.807) is 0 Å². The van der Waals surface area contributed by atoms with E-state index in [0.29, 0.717) is 11.4 Å². The van der Waals surface area contributed by atoms with Crippen LogP contribution in [0.3, 0.4) is 0 Å². The first kappa shape index (κ1) is 17.8. The van der Waals surface area contributed by atoms with Crippen LogP contribution in [0.1, 0.15) is 20.2 Å². The second-order valence-electron chi connectivity index (χ2n) is 6.12. The number of alkyl halides is 3. The van der Waals surface area contributed by atoms with Gasteiger partial charge in [0.05, 0.1) is 5.56 Å². The number of halogens is 3. The van der Waals surface area contributed by atoms with E-state index >= 15 is 0 Å². The molecule has 3 rings (SSSR count). The number of nitrogens with one attached hydrogen (secondary N) is 3. The highest BCUT2D eigenvalue weighted by molar-refractivity contribution is 5.99. The highest BCUT2D eigenvalue weighted by Gasteiger charge is 2.30. The Labute approximate surface area is 179 Å². The normalized spacial score (nSPS) is 12.7. The molecule has 0 saturated carbocycles. The average molecular weight is 433 g/mol. The molecule has 0 radical (unpaired) electrons. The predicted molar refractivity (Wildman–Crippen MR) is 108 cm³/mol. The zero-order valence-electron chi connectivity index (χ0n) is 18.7. The quantitative estimate of drug-likeness (QED) is 0.534. The van der Waals surface area contributed by atoms with Crippen LogP contribution in [0.5, 0.6) is 11.5 Å². The van der Waals surface area contributed by atoms with Crippen LogP contribution < -0.4 is 20.7 Å². The molecule has 0 fully saturated rings. The molecule has 3 N–H and O–H groups in total. The van der Waals surface area contributed by atoms with E-state index < -0.39 is 30.7 Å². The molecule has 0 atom stereocenters. The van der Waals surface area contributed by atoms with Gasteiger partial charge in [0, 0.05) is 34.7 Å². The number of rotatable bonds is 5. The molecule has 0 saturated heterocycles. The van der Waals surface area contributed by atoms with Gasteiger partial charge in [-0.3, -0.25) is 9.78 Å². The molecule has 160 valence electrons. The van der Waals surface area contributed by atoms with Gasteiger partial charge in [-0.05, 0) is 48.5 Å². The van der Waals surface area contributed by atoms with Crippen LogP contribution in [0.2, 0.25) is 0 Å². The first-order valence-corrected chi connectivity index (χ1v) is 8.71. The molecule has 3 amide bonds. The van der Waals surface area contributed by atoms with Crippen molar-refractivity contribution in [1.82, 2.24) is 10.3 Å². The van der Waals surface area contributed by atoms with Crippen LogP contribution >= 0.6 is 0 Å². The van der Waals surface area contributed by atoms with Crippen molar-refractivity contribution in [2.75, 3.05) is 17.6 Å². The molecule has 31 heavy (non-hydrogen) atoms. The Morgan fingerprint density at radius 1 is 0.968 bits per heavy atom. The lowest BCUT2D eigenvalue weighted by molar-refractivity contribution is -0.137. The number of pyridine rings is 1. The number of aromatic nitrogens is 1.